The van der Waals surface area contributed by atoms with Crippen LogP contribution in [0, 0.1) is 0 Å². The molecule has 0 spiro atoms. The van der Waals surface area contributed by atoms with Gasteiger partial charge in [0.1, 0.15) is 5.69 Å². The lowest BCUT2D eigenvalue weighted by Gasteiger charge is -2.12. The number of hydrogen-bond donors (Lipinski definition) is 0. The van der Waals surface area contributed by atoms with Gasteiger partial charge < -0.3 is 4.74 Å². The second-order valence-corrected chi connectivity index (χ2v) is 7.55. The standard InChI is InChI=1S/C25H22N6O2/c1-18(19-9-5-3-6-10-19)29-16-21(15-27-29)30-17-23(33-2)25(32)24(28-30)22-13-14-26-31(22)20-11-7-4-8-12-20/h3-18H,1-2H3. The summed E-state index contributed by atoms with van der Waals surface area (Å²) in [5.41, 5.74) is 3.19. The Hall–Kier alpha value is -4.46. The van der Waals surface area contributed by atoms with Gasteiger partial charge in [0.15, 0.2) is 11.4 Å². The van der Waals surface area contributed by atoms with Crippen LogP contribution in [-0.2, 0) is 0 Å². The van der Waals surface area contributed by atoms with Crippen LogP contribution in [-0.4, -0.2) is 36.5 Å². The van der Waals surface area contributed by atoms with Gasteiger partial charge in [0.25, 0.3) is 5.43 Å². The van der Waals surface area contributed by atoms with E-state index in [1.54, 1.807) is 34.0 Å². The summed E-state index contributed by atoms with van der Waals surface area (Å²) >= 11 is 0. The van der Waals surface area contributed by atoms with Crippen molar-refractivity contribution >= 4 is 0 Å². The van der Waals surface area contributed by atoms with E-state index < -0.39 is 0 Å². The van der Waals surface area contributed by atoms with Gasteiger partial charge in [-0.2, -0.15) is 15.3 Å². The van der Waals surface area contributed by atoms with Gasteiger partial charge in [0, 0.05) is 0 Å². The summed E-state index contributed by atoms with van der Waals surface area (Å²) in [7, 11) is 1.47. The zero-order valence-electron chi connectivity index (χ0n) is 18.2. The lowest BCUT2D eigenvalue weighted by Crippen LogP contribution is -2.17. The van der Waals surface area contributed by atoms with Gasteiger partial charge in [-0.15, -0.1) is 0 Å². The smallest absolute Gasteiger partial charge is 0.251 e. The molecule has 1 atom stereocenters. The molecule has 0 aliphatic heterocycles. The maximum Gasteiger partial charge on any atom is 0.251 e. The molecule has 33 heavy (non-hydrogen) atoms. The van der Waals surface area contributed by atoms with Crippen LogP contribution < -0.4 is 10.2 Å². The first-order valence-corrected chi connectivity index (χ1v) is 10.5. The van der Waals surface area contributed by atoms with Crippen LogP contribution in [0.2, 0.25) is 0 Å². The Morgan fingerprint density at radius 1 is 0.879 bits per heavy atom. The third kappa shape index (κ3) is 3.82. The van der Waals surface area contributed by atoms with Crippen LogP contribution in [0.5, 0.6) is 5.75 Å². The van der Waals surface area contributed by atoms with E-state index in [0.29, 0.717) is 11.4 Å². The Labute approximate surface area is 190 Å². The lowest BCUT2D eigenvalue weighted by molar-refractivity contribution is 0.405. The molecule has 8 nitrogen and oxygen atoms in total. The van der Waals surface area contributed by atoms with Crippen molar-refractivity contribution in [3.63, 3.8) is 0 Å². The van der Waals surface area contributed by atoms with Crippen molar-refractivity contribution in [1.82, 2.24) is 29.3 Å². The Morgan fingerprint density at radius 2 is 1.61 bits per heavy atom. The third-order valence-electron chi connectivity index (χ3n) is 5.52. The average molecular weight is 438 g/mol. The van der Waals surface area contributed by atoms with Gasteiger partial charge in [0.2, 0.25) is 0 Å². The van der Waals surface area contributed by atoms with E-state index in [1.165, 1.54) is 7.11 Å². The highest BCUT2D eigenvalue weighted by Crippen LogP contribution is 2.22. The summed E-state index contributed by atoms with van der Waals surface area (Å²) in [6.07, 6.45) is 6.83. The van der Waals surface area contributed by atoms with Crippen molar-refractivity contribution in [2.45, 2.75) is 13.0 Å². The Kier molecular flexibility index (Phi) is 5.32. The summed E-state index contributed by atoms with van der Waals surface area (Å²) in [5.74, 6) is 0.185. The molecule has 5 rings (SSSR count). The van der Waals surface area contributed by atoms with Crippen molar-refractivity contribution < 1.29 is 4.74 Å². The van der Waals surface area contributed by atoms with E-state index in [2.05, 4.69) is 34.4 Å². The first-order chi connectivity index (χ1) is 16.2. The topological polar surface area (TPSA) is 79.8 Å². The lowest BCUT2D eigenvalue weighted by atomic mass is 10.1. The molecular weight excluding hydrogens is 416 g/mol. The zero-order chi connectivity index (χ0) is 22.8. The van der Waals surface area contributed by atoms with Gasteiger partial charge in [-0.3, -0.25) is 9.48 Å². The molecule has 0 fully saturated rings. The highest BCUT2D eigenvalue weighted by atomic mass is 16.5. The number of ether oxygens (including phenoxy) is 1. The number of hydrogen-bond acceptors (Lipinski definition) is 5. The van der Waals surface area contributed by atoms with Crippen LogP contribution in [0.4, 0.5) is 0 Å². The number of aromatic nitrogens is 6. The third-order valence-corrected chi connectivity index (χ3v) is 5.52. The van der Waals surface area contributed by atoms with E-state index in [4.69, 9.17) is 4.74 Å². The number of rotatable bonds is 6. The van der Waals surface area contributed by atoms with Crippen LogP contribution in [0.15, 0.2) is 96.3 Å². The molecule has 1 unspecified atom stereocenters. The SMILES string of the molecule is COc1cn(-c2cnn(C(C)c3ccccc3)c2)nc(-c2ccnn2-c2ccccc2)c1=O. The van der Waals surface area contributed by atoms with Crippen LogP contribution in [0.1, 0.15) is 18.5 Å². The van der Waals surface area contributed by atoms with E-state index in [1.807, 2.05) is 59.4 Å². The summed E-state index contributed by atoms with van der Waals surface area (Å²) in [5, 5.41) is 13.6. The molecule has 8 heteroatoms. The van der Waals surface area contributed by atoms with Crippen molar-refractivity contribution in [3.8, 4) is 28.5 Å². The highest BCUT2D eigenvalue weighted by Gasteiger charge is 2.18. The first-order valence-electron chi connectivity index (χ1n) is 10.5. The summed E-state index contributed by atoms with van der Waals surface area (Å²) in [6, 6.07) is 21.5. The van der Waals surface area contributed by atoms with E-state index in [9.17, 15) is 4.79 Å². The van der Waals surface area contributed by atoms with Crippen molar-refractivity contribution in [1.29, 1.82) is 0 Å². The molecule has 0 bridgehead atoms. The van der Waals surface area contributed by atoms with E-state index >= 15 is 0 Å². The molecule has 2 aromatic carbocycles. The minimum absolute atomic E-state index is 0.0419. The van der Waals surface area contributed by atoms with E-state index in [0.717, 1.165) is 11.3 Å². The maximum atomic E-state index is 13.1. The Balaban J connectivity index is 1.59. The molecular formula is C25H22N6O2. The van der Waals surface area contributed by atoms with Crippen molar-refractivity contribution in [2.75, 3.05) is 7.11 Å². The second kappa shape index (κ2) is 8.58. The first kappa shape index (κ1) is 20.4. The number of nitrogens with zero attached hydrogens (tertiary/aromatic N) is 6. The van der Waals surface area contributed by atoms with Gasteiger partial charge in [-0.1, -0.05) is 48.5 Å². The quantitative estimate of drug-likeness (QED) is 0.402. The molecule has 0 amide bonds. The fraction of sp³-hybridized carbons (Fsp3) is 0.120. The van der Waals surface area contributed by atoms with Crippen molar-refractivity contribution in [3.05, 3.63) is 107 Å². The molecule has 0 radical (unpaired) electrons. The minimum atomic E-state index is -0.309. The maximum absolute atomic E-state index is 13.1. The summed E-state index contributed by atoms with van der Waals surface area (Å²) in [6.45, 7) is 2.08. The molecule has 5 aromatic rings. The fourth-order valence-corrected chi connectivity index (χ4v) is 3.71. The Bertz CT molecular complexity index is 1440. The second-order valence-electron chi connectivity index (χ2n) is 7.55. The van der Waals surface area contributed by atoms with E-state index in [-0.39, 0.29) is 22.9 Å². The predicted octanol–water partition coefficient (Wildman–Crippen LogP) is 3.90. The van der Waals surface area contributed by atoms with Gasteiger partial charge in [-0.05, 0) is 30.7 Å². The summed E-state index contributed by atoms with van der Waals surface area (Å²) < 4.78 is 10.5. The summed E-state index contributed by atoms with van der Waals surface area (Å²) in [4.78, 5) is 13.1. The number of para-hydroxylation sites is 1. The van der Waals surface area contributed by atoms with Gasteiger partial charge in [-0.25, -0.2) is 9.36 Å². The Morgan fingerprint density at radius 3 is 2.33 bits per heavy atom. The van der Waals surface area contributed by atoms with Crippen LogP contribution in [0.3, 0.4) is 0 Å². The van der Waals surface area contributed by atoms with Crippen LogP contribution in [0.25, 0.3) is 22.8 Å². The monoisotopic (exact) mass is 438 g/mol. The molecule has 0 N–H and O–H groups in total. The normalized spacial score (nSPS) is 11.9. The largest absolute Gasteiger partial charge is 0.491 e. The van der Waals surface area contributed by atoms with Gasteiger partial charge >= 0.3 is 0 Å². The predicted molar refractivity (Wildman–Crippen MR) is 125 cm³/mol. The molecule has 0 saturated carbocycles. The molecule has 164 valence electrons. The van der Waals surface area contributed by atoms with Crippen molar-refractivity contribution in [2.24, 2.45) is 0 Å². The fourth-order valence-electron chi connectivity index (χ4n) is 3.71. The minimum Gasteiger partial charge on any atom is -0.491 e. The molecule has 0 aliphatic carbocycles. The number of benzene rings is 2. The van der Waals surface area contributed by atoms with Crippen LogP contribution >= 0.6 is 0 Å². The zero-order valence-corrected chi connectivity index (χ0v) is 18.2. The molecule has 3 heterocycles. The average Bonchev–Trinajstić information content (AvgIpc) is 3.55. The number of methoxy groups -OCH3 is 1. The van der Waals surface area contributed by atoms with Gasteiger partial charge in [0.05, 0.1) is 49.3 Å². The molecule has 0 aliphatic rings. The highest BCUT2D eigenvalue weighted by molar-refractivity contribution is 5.59. The molecule has 0 saturated heterocycles. The molecule has 3 aromatic heterocycles.